The molecule has 1 saturated heterocycles. The number of nitrogens with zero attached hydrogens (tertiary/aromatic N) is 3. The van der Waals surface area contributed by atoms with Crippen LogP contribution in [0.5, 0.6) is 5.75 Å². The van der Waals surface area contributed by atoms with Gasteiger partial charge in [-0.2, -0.15) is 0 Å². The second kappa shape index (κ2) is 8.16. The van der Waals surface area contributed by atoms with E-state index in [1.54, 1.807) is 24.1 Å². The summed E-state index contributed by atoms with van der Waals surface area (Å²) in [6.45, 7) is 2.04. The first-order valence-electron chi connectivity index (χ1n) is 8.68. The molecular weight excluding hydrogens is 318 g/mol. The van der Waals surface area contributed by atoms with E-state index < -0.39 is 0 Å². The summed E-state index contributed by atoms with van der Waals surface area (Å²) in [5.41, 5.74) is 1.17. The summed E-state index contributed by atoms with van der Waals surface area (Å²) >= 11 is 0. The zero-order valence-electron chi connectivity index (χ0n) is 14.9. The molecule has 6 heteroatoms. The molecule has 1 aliphatic heterocycles. The summed E-state index contributed by atoms with van der Waals surface area (Å²) in [6.07, 6.45) is 6.43. The highest BCUT2D eigenvalue weighted by Gasteiger charge is 2.25. The van der Waals surface area contributed by atoms with Crippen molar-refractivity contribution in [2.24, 2.45) is 7.05 Å². The highest BCUT2D eigenvalue weighted by Crippen LogP contribution is 2.16. The number of imidazole rings is 1. The number of ether oxygens (including phenoxy) is 2. The van der Waals surface area contributed by atoms with E-state index in [0.29, 0.717) is 18.9 Å². The number of aromatic nitrogens is 2. The maximum absolute atomic E-state index is 12.9. The minimum atomic E-state index is -0.0449. The minimum Gasteiger partial charge on any atom is -0.497 e. The van der Waals surface area contributed by atoms with Crippen LogP contribution >= 0.6 is 0 Å². The number of carbonyl (C=O) groups excluding carboxylic acids is 1. The molecule has 3 rings (SSSR count). The number of carbonyl (C=O) groups is 1. The lowest BCUT2D eigenvalue weighted by Gasteiger charge is -2.25. The molecule has 1 aliphatic rings. The number of hydrogen-bond donors (Lipinski definition) is 0. The average molecular weight is 343 g/mol. The Kier molecular flexibility index (Phi) is 5.71. The van der Waals surface area contributed by atoms with Gasteiger partial charge in [0.2, 0.25) is 0 Å². The molecule has 134 valence electrons. The van der Waals surface area contributed by atoms with Crippen molar-refractivity contribution < 1.29 is 14.3 Å². The Morgan fingerprint density at radius 2 is 2.20 bits per heavy atom. The lowest BCUT2D eigenvalue weighted by atomic mass is 10.1. The average Bonchev–Trinajstić information content (AvgIpc) is 3.30. The third-order valence-electron chi connectivity index (χ3n) is 4.58. The molecule has 2 aromatic rings. The van der Waals surface area contributed by atoms with Gasteiger partial charge in [-0.25, -0.2) is 4.98 Å². The van der Waals surface area contributed by atoms with Crippen molar-refractivity contribution in [1.29, 1.82) is 0 Å². The van der Waals surface area contributed by atoms with Crippen LogP contribution in [-0.2, 0) is 18.2 Å². The van der Waals surface area contributed by atoms with Crippen LogP contribution in [0.15, 0.2) is 36.7 Å². The number of rotatable bonds is 7. The number of methoxy groups -OCH3 is 1. The first kappa shape index (κ1) is 17.5. The molecule has 1 amide bonds. The monoisotopic (exact) mass is 343 g/mol. The molecule has 25 heavy (non-hydrogen) atoms. The molecule has 0 saturated carbocycles. The lowest BCUT2D eigenvalue weighted by molar-refractivity contribution is 0.0517. The summed E-state index contributed by atoms with van der Waals surface area (Å²) in [5.74, 6) is 1.26. The van der Waals surface area contributed by atoms with Gasteiger partial charge in [0.25, 0.3) is 5.91 Å². The van der Waals surface area contributed by atoms with Crippen LogP contribution in [-0.4, -0.2) is 53.3 Å². The normalized spacial score (nSPS) is 16.8. The van der Waals surface area contributed by atoms with E-state index in [0.717, 1.165) is 31.6 Å². The SMILES string of the molecule is COc1ccc(CCN(CC2CCCO2)C(=O)c2nccn2C)cc1. The van der Waals surface area contributed by atoms with Crippen molar-refractivity contribution in [3.8, 4) is 5.75 Å². The Labute approximate surface area is 148 Å². The summed E-state index contributed by atoms with van der Waals surface area (Å²) < 4.78 is 12.7. The van der Waals surface area contributed by atoms with Crippen LogP contribution in [0.25, 0.3) is 0 Å². The molecule has 1 atom stereocenters. The fraction of sp³-hybridized carbons (Fsp3) is 0.474. The summed E-state index contributed by atoms with van der Waals surface area (Å²) in [6, 6.07) is 7.96. The molecule has 6 nitrogen and oxygen atoms in total. The first-order chi connectivity index (χ1) is 12.2. The third-order valence-corrected chi connectivity index (χ3v) is 4.58. The van der Waals surface area contributed by atoms with Gasteiger partial charge in [0.15, 0.2) is 5.82 Å². The second-order valence-electron chi connectivity index (χ2n) is 6.35. The van der Waals surface area contributed by atoms with Gasteiger partial charge in [-0.05, 0) is 37.0 Å². The van der Waals surface area contributed by atoms with Gasteiger partial charge >= 0.3 is 0 Å². The van der Waals surface area contributed by atoms with Gasteiger partial charge in [-0.3, -0.25) is 4.79 Å². The van der Waals surface area contributed by atoms with Crippen molar-refractivity contribution in [3.63, 3.8) is 0 Å². The lowest BCUT2D eigenvalue weighted by Crippen LogP contribution is -2.39. The summed E-state index contributed by atoms with van der Waals surface area (Å²) in [5, 5.41) is 0. The van der Waals surface area contributed by atoms with Crippen LogP contribution in [0, 0.1) is 0 Å². The van der Waals surface area contributed by atoms with Crippen molar-refractivity contribution in [3.05, 3.63) is 48.0 Å². The van der Waals surface area contributed by atoms with Crippen LogP contribution < -0.4 is 4.74 Å². The van der Waals surface area contributed by atoms with E-state index in [1.165, 1.54) is 5.56 Å². The highest BCUT2D eigenvalue weighted by molar-refractivity contribution is 5.90. The van der Waals surface area contributed by atoms with Gasteiger partial charge in [0, 0.05) is 39.1 Å². The van der Waals surface area contributed by atoms with Crippen LogP contribution in [0.3, 0.4) is 0 Å². The van der Waals surface area contributed by atoms with E-state index in [2.05, 4.69) is 4.98 Å². The Morgan fingerprint density at radius 3 is 2.80 bits per heavy atom. The van der Waals surface area contributed by atoms with Crippen LogP contribution in [0.1, 0.15) is 29.0 Å². The van der Waals surface area contributed by atoms with E-state index in [4.69, 9.17) is 9.47 Å². The maximum atomic E-state index is 12.9. The molecule has 1 unspecified atom stereocenters. The fourth-order valence-corrected chi connectivity index (χ4v) is 3.08. The maximum Gasteiger partial charge on any atom is 0.289 e. The Balaban J connectivity index is 1.68. The molecule has 0 radical (unpaired) electrons. The number of hydrogen-bond acceptors (Lipinski definition) is 4. The van der Waals surface area contributed by atoms with E-state index >= 15 is 0 Å². The summed E-state index contributed by atoms with van der Waals surface area (Å²) in [4.78, 5) is 19.0. The van der Waals surface area contributed by atoms with Crippen molar-refractivity contribution in [2.45, 2.75) is 25.4 Å². The Morgan fingerprint density at radius 1 is 1.40 bits per heavy atom. The molecule has 1 aromatic heterocycles. The van der Waals surface area contributed by atoms with Gasteiger partial charge in [-0.1, -0.05) is 12.1 Å². The standard InChI is InChI=1S/C19H25N3O3/c1-21-12-10-20-18(21)19(23)22(14-17-4-3-13-25-17)11-9-15-5-7-16(24-2)8-6-15/h5-8,10,12,17H,3-4,9,11,13-14H2,1-2H3. The number of benzene rings is 1. The van der Waals surface area contributed by atoms with Crippen molar-refractivity contribution >= 4 is 5.91 Å². The zero-order chi connectivity index (χ0) is 17.6. The fourth-order valence-electron chi connectivity index (χ4n) is 3.08. The zero-order valence-corrected chi connectivity index (χ0v) is 14.9. The largest absolute Gasteiger partial charge is 0.497 e. The summed E-state index contributed by atoms with van der Waals surface area (Å²) in [7, 11) is 3.50. The smallest absolute Gasteiger partial charge is 0.289 e. The minimum absolute atomic E-state index is 0.0449. The van der Waals surface area contributed by atoms with E-state index in [9.17, 15) is 4.79 Å². The molecule has 0 N–H and O–H groups in total. The predicted octanol–water partition coefficient (Wildman–Crippen LogP) is 2.29. The van der Waals surface area contributed by atoms with Crippen LogP contribution in [0.4, 0.5) is 0 Å². The first-order valence-corrected chi connectivity index (χ1v) is 8.68. The van der Waals surface area contributed by atoms with Gasteiger partial charge < -0.3 is 18.9 Å². The molecule has 0 bridgehead atoms. The van der Waals surface area contributed by atoms with Gasteiger partial charge in [-0.15, -0.1) is 0 Å². The Bertz CT molecular complexity index is 690. The third kappa shape index (κ3) is 4.39. The molecule has 1 fully saturated rings. The molecule has 1 aromatic carbocycles. The van der Waals surface area contributed by atoms with Crippen molar-refractivity contribution in [1.82, 2.24) is 14.5 Å². The topological polar surface area (TPSA) is 56.6 Å². The predicted molar refractivity (Wildman–Crippen MR) is 94.8 cm³/mol. The van der Waals surface area contributed by atoms with Crippen LogP contribution in [0.2, 0.25) is 0 Å². The highest BCUT2D eigenvalue weighted by atomic mass is 16.5. The number of amides is 1. The molecule has 2 heterocycles. The van der Waals surface area contributed by atoms with Gasteiger partial charge in [0.1, 0.15) is 5.75 Å². The second-order valence-corrected chi connectivity index (χ2v) is 6.35. The molecule has 0 spiro atoms. The van der Waals surface area contributed by atoms with Crippen molar-refractivity contribution in [2.75, 3.05) is 26.8 Å². The molecular formula is C19H25N3O3. The number of aryl methyl sites for hydroxylation is 1. The van der Waals surface area contributed by atoms with Gasteiger partial charge in [0.05, 0.1) is 13.2 Å². The Hall–Kier alpha value is -2.34. The van der Waals surface area contributed by atoms with E-state index in [-0.39, 0.29) is 12.0 Å². The van der Waals surface area contributed by atoms with E-state index in [1.807, 2.05) is 36.2 Å². The molecule has 0 aliphatic carbocycles. The quantitative estimate of drug-likeness (QED) is 0.774.